The van der Waals surface area contributed by atoms with E-state index in [1.165, 1.54) is 70.6 Å². The number of carboxylic acid groups (broad SMARTS) is 1. The van der Waals surface area contributed by atoms with Gasteiger partial charge in [-0.25, -0.2) is 0 Å². The molecule has 0 aliphatic rings. The van der Waals surface area contributed by atoms with E-state index >= 15 is 0 Å². The van der Waals surface area contributed by atoms with Crippen LogP contribution in [0.15, 0.2) is 0 Å². The van der Waals surface area contributed by atoms with Crippen molar-refractivity contribution in [2.24, 2.45) is 0 Å². The first kappa shape index (κ1) is 22.7. The third-order valence-corrected chi connectivity index (χ3v) is 3.48. The van der Waals surface area contributed by atoms with E-state index in [-0.39, 0.29) is 36.1 Å². The summed E-state index contributed by atoms with van der Waals surface area (Å²) < 4.78 is 0. The van der Waals surface area contributed by atoms with Crippen molar-refractivity contribution in [3.63, 3.8) is 0 Å². The second-order valence-corrected chi connectivity index (χ2v) is 5.46. The summed E-state index contributed by atoms with van der Waals surface area (Å²) in [7, 11) is 0. The maximum Gasteiger partial charge on any atom is 0.317 e. The van der Waals surface area contributed by atoms with Gasteiger partial charge in [-0.1, -0.05) is 77.6 Å². The minimum absolute atomic E-state index is 0. The third-order valence-electron chi connectivity index (χ3n) is 3.48. The molecule has 3 nitrogen and oxygen atoms in total. The normalized spacial score (nSPS) is 10.2. The molecule has 1 radical (unpaired) electrons. The molecule has 0 aromatic carbocycles. The second-order valence-electron chi connectivity index (χ2n) is 5.46. The van der Waals surface area contributed by atoms with Crippen LogP contribution < -0.4 is 5.32 Å². The van der Waals surface area contributed by atoms with Crippen molar-refractivity contribution >= 4 is 35.5 Å². The van der Waals surface area contributed by atoms with E-state index < -0.39 is 5.97 Å². The Hall–Kier alpha value is 0.430. The van der Waals surface area contributed by atoms with Crippen molar-refractivity contribution in [3.05, 3.63) is 0 Å². The number of unbranched alkanes of at least 4 members (excludes halogenated alkanes) is 11. The van der Waals surface area contributed by atoms with Crippen LogP contribution in [-0.2, 0) is 4.79 Å². The molecule has 0 spiro atoms. The summed E-state index contributed by atoms with van der Waals surface area (Å²) in [6.07, 6.45) is 16.1. The number of carboxylic acids is 1. The molecule has 0 aromatic rings. The van der Waals surface area contributed by atoms with Gasteiger partial charge < -0.3 is 10.4 Å². The van der Waals surface area contributed by atoms with Gasteiger partial charge in [0.25, 0.3) is 0 Å². The van der Waals surface area contributed by atoms with Crippen molar-refractivity contribution in [1.29, 1.82) is 0 Å². The van der Waals surface area contributed by atoms with E-state index in [1.807, 2.05) is 0 Å². The molecule has 0 atom stereocenters. The quantitative estimate of drug-likeness (QED) is 0.355. The molecule has 0 fully saturated rings. The van der Waals surface area contributed by atoms with Crippen molar-refractivity contribution < 1.29 is 9.90 Å². The number of hydrogen-bond acceptors (Lipinski definition) is 2. The summed E-state index contributed by atoms with van der Waals surface area (Å²) in [6.45, 7) is 3.19. The molecule has 115 valence electrons. The Morgan fingerprint density at radius 1 is 0.800 bits per heavy atom. The Morgan fingerprint density at radius 3 is 1.60 bits per heavy atom. The molecule has 20 heavy (non-hydrogen) atoms. The van der Waals surface area contributed by atoms with Crippen molar-refractivity contribution in [2.45, 2.75) is 84.0 Å². The summed E-state index contributed by atoms with van der Waals surface area (Å²) in [5.74, 6) is -0.765. The maximum atomic E-state index is 10.3. The second kappa shape index (κ2) is 19.4. The number of carbonyl (C=O) groups is 1. The Kier molecular flexibility index (Phi) is 22.1. The fourth-order valence-electron chi connectivity index (χ4n) is 2.29. The molecule has 0 aromatic heterocycles. The van der Waals surface area contributed by atoms with Crippen LogP contribution in [0.25, 0.3) is 0 Å². The van der Waals surface area contributed by atoms with Crippen LogP contribution >= 0.6 is 0 Å². The molecule has 0 rings (SSSR count). The fourth-order valence-corrected chi connectivity index (χ4v) is 2.29. The van der Waals surface area contributed by atoms with Gasteiger partial charge in [0.1, 0.15) is 0 Å². The zero-order valence-corrected chi connectivity index (χ0v) is 15.8. The van der Waals surface area contributed by atoms with Gasteiger partial charge in [0, 0.05) is 29.6 Å². The van der Waals surface area contributed by atoms with Gasteiger partial charge in [-0.05, 0) is 13.0 Å². The van der Waals surface area contributed by atoms with Crippen molar-refractivity contribution in [3.8, 4) is 0 Å². The van der Waals surface area contributed by atoms with E-state index in [1.54, 1.807) is 0 Å². The van der Waals surface area contributed by atoms with Crippen molar-refractivity contribution in [2.75, 3.05) is 13.1 Å². The summed E-state index contributed by atoms with van der Waals surface area (Å²) >= 11 is 0. The Balaban J connectivity index is 0. The molecule has 0 aliphatic heterocycles. The van der Waals surface area contributed by atoms with Crippen LogP contribution in [0.5, 0.6) is 0 Å². The van der Waals surface area contributed by atoms with Gasteiger partial charge in [0.2, 0.25) is 0 Å². The summed E-state index contributed by atoms with van der Waals surface area (Å²) in [5, 5.41) is 11.4. The Labute approximate surface area is 147 Å². The SMILES string of the molecule is CCCCCCCCCCCCCCNCC(=O)O.[Na]. The van der Waals surface area contributed by atoms with E-state index in [9.17, 15) is 4.79 Å². The summed E-state index contributed by atoms with van der Waals surface area (Å²) in [6, 6.07) is 0. The molecule has 0 bridgehead atoms. The van der Waals surface area contributed by atoms with E-state index in [0.29, 0.717) is 0 Å². The van der Waals surface area contributed by atoms with Gasteiger partial charge >= 0.3 is 5.97 Å². The maximum absolute atomic E-state index is 10.3. The molecule has 0 saturated heterocycles. The first-order valence-electron chi connectivity index (χ1n) is 8.20. The molecule has 0 unspecified atom stereocenters. The molecular formula is C16H33NNaO2. The van der Waals surface area contributed by atoms with Crippen LogP contribution in [0.2, 0.25) is 0 Å². The molecule has 2 N–H and O–H groups in total. The molecule has 0 heterocycles. The Bertz CT molecular complexity index is 201. The van der Waals surface area contributed by atoms with E-state index in [4.69, 9.17) is 5.11 Å². The predicted octanol–water partition coefficient (Wildman–Crippen LogP) is 3.98. The van der Waals surface area contributed by atoms with Crippen LogP contribution in [0, 0.1) is 0 Å². The zero-order valence-electron chi connectivity index (χ0n) is 13.8. The van der Waals surface area contributed by atoms with Crippen LogP contribution in [0.1, 0.15) is 84.0 Å². The van der Waals surface area contributed by atoms with Gasteiger partial charge in [0.15, 0.2) is 0 Å². The van der Waals surface area contributed by atoms with Crippen LogP contribution in [0.3, 0.4) is 0 Å². The number of aliphatic carboxylic acids is 1. The Morgan fingerprint density at radius 2 is 1.20 bits per heavy atom. The number of nitrogens with one attached hydrogen (secondary N) is 1. The summed E-state index contributed by atoms with van der Waals surface area (Å²) in [5.41, 5.74) is 0. The first-order valence-corrected chi connectivity index (χ1v) is 8.20. The first-order chi connectivity index (χ1) is 9.27. The third kappa shape index (κ3) is 20.7. The van der Waals surface area contributed by atoms with E-state index in [2.05, 4.69) is 12.2 Å². The molecule has 0 saturated carbocycles. The number of rotatable bonds is 15. The fraction of sp³-hybridized carbons (Fsp3) is 0.938. The average Bonchev–Trinajstić information content (AvgIpc) is 2.39. The van der Waals surface area contributed by atoms with E-state index in [0.717, 1.165) is 13.0 Å². The predicted molar refractivity (Wildman–Crippen MR) is 87.3 cm³/mol. The molecule has 4 heteroatoms. The average molecular weight is 294 g/mol. The summed E-state index contributed by atoms with van der Waals surface area (Å²) in [4.78, 5) is 10.3. The van der Waals surface area contributed by atoms with Gasteiger partial charge in [-0.3, -0.25) is 4.79 Å². The minimum Gasteiger partial charge on any atom is -0.480 e. The smallest absolute Gasteiger partial charge is 0.317 e. The molecule has 0 amide bonds. The molecular weight excluding hydrogens is 261 g/mol. The van der Waals surface area contributed by atoms with Gasteiger partial charge in [0.05, 0.1) is 6.54 Å². The zero-order chi connectivity index (χ0) is 14.2. The van der Waals surface area contributed by atoms with Crippen LogP contribution in [-0.4, -0.2) is 53.7 Å². The standard InChI is InChI=1S/C16H33NO2.Na/c1-2-3-4-5-6-7-8-9-10-11-12-13-14-17-15-16(18)19;/h17H,2-15H2,1H3,(H,18,19);. The monoisotopic (exact) mass is 294 g/mol. The van der Waals surface area contributed by atoms with Gasteiger partial charge in [-0.2, -0.15) is 0 Å². The van der Waals surface area contributed by atoms with Gasteiger partial charge in [-0.15, -0.1) is 0 Å². The number of hydrogen-bond donors (Lipinski definition) is 2. The van der Waals surface area contributed by atoms with Crippen LogP contribution in [0.4, 0.5) is 0 Å². The minimum atomic E-state index is -0.765. The molecule has 0 aliphatic carbocycles. The largest absolute Gasteiger partial charge is 0.480 e. The van der Waals surface area contributed by atoms with Crippen molar-refractivity contribution in [1.82, 2.24) is 5.32 Å². The topological polar surface area (TPSA) is 49.3 Å².